The smallest absolute Gasteiger partial charge is 0.0935 e. The van der Waals surface area contributed by atoms with Gasteiger partial charge in [-0.15, -0.1) is 0 Å². The lowest BCUT2D eigenvalue weighted by Gasteiger charge is -2.34. The van der Waals surface area contributed by atoms with Crippen LogP contribution in [0.25, 0.3) is 11.0 Å². The molecular formula is C17H24N4. The van der Waals surface area contributed by atoms with E-state index in [0.29, 0.717) is 5.92 Å². The molecule has 21 heavy (non-hydrogen) atoms. The molecule has 112 valence electrons. The summed E-state index contributed by atoms with van der Waals surface area (Å²) in [6.45, 7) is 2.29. The number of fused-ring (bicyclic) bond motifs is 1. The minimum absolute atomic E-state index is 0.166. The van der Waals surface area contributed by atoms with E-state index in [9.17, 15) is 0 Å². The van der Waals surface area contributed by atoms with Gasteiger partial charge in [0, 0.05) is 12.4 Å². The van der Waals surface area contributed by atoms with Crippen LogP contribution in [0.2, 0.25) is 0 Å². The maximum Gasteiger partial charge on any atom is 0.0935 e. The third-order valence-electron chi connectivity index (χ3n) is 4.92. The van der Waals surface area contributed by atoms with Crippen LogP contribution in [0.15, 0.2) is 30.6 Å². The van der Waals surface area contributed by atoms with Crippen molar-refractivity contribution < 1.29 is 0 Å². The van der Waals surface area contributed by atoms with Gasteiger partial charge in [0.2, 0.25) is 0 Å². The summed E-state index contributed by atoms with van der Waals surface area (Å²) in [6.07, 6.45) is 9.92. The molecule has 1 aliphatic carbocycles. The number of nitrogens with two attached hydrogens (primary N) is 1. The zero-order chi connectivity index (χ0) is 14.7. The fraction of sp³-hybridized carbons (Fsp3) is 0.529. The van der Waals surface area contributed by atoms with Crippen molar-refractivity contribution in [3.63, 3.8) is 0 Å². The molecule has 1 aromatic heterocycles. The predicted octanol–water partition coefficient (Wildman–Crippen LogP) is 3.35. The molecule has 2 aromatic rings. The third-order valence-corrected chi connectivity index (χ3v) is 4.92. The second-order valence-electron chi connectivity index (χ2n) is 6.12. The fourth-order valence-electron chi connectivity index (χ4n) is 3.75. The lowest BCUT2D eigenvalue weighted by Crippen LogP contribution is -2.36. The Morgan fingerprint density at radius 2 is 2.14 bits per heavy atom. The number of hydrogen-bond donors (Lipinski definition) is 2. The van der Waals surface area contributed by atoms with Gasteiger partial charge in [-0.3, -0.25) is 21.2 Å². The molecular weight excluding hydrogens is 260 g/mol. The number of hydrogen-bond acceptors (Lipinski definition) is 4. The van der Waals surface area contributed by atoms with E-state index in [4.69, 9.17) is 5.84 Å². The van der Waals surface area contributed by atoms with E-state index in [1.165, 1.54) is 37.7 Å². The van der Waals surface area contributed by atoms with Gasteiger partial charge in [-0.05, 0) is 36.3 Å². The van der Waals surface area contributed by atoms with Gasteiger partial charge in [-0.2, -0.15) is 0 Å². The molecule has 0 bridgehead atoms. The second-order valence-corrected chi connectivity index (χ2v) is 6.12. The first kappa shape index (κ1) is 14.4. The molecule has 3 N–H and O–H groups in total. The van der Waals surface area contributed by atoms with Gasteiger partial charge in [-0.1, -0.05) is 38.3 Å². The van der Waals surface area contributed by atoms with Gasteiger partial charge in [0.05, 0.1) is 17.1 Å². The number of rotatable bonds is 4. The SMILES string of the molecule is CCC1CCCC(C(NN)c2cccc3nccnc23)C1. The van der Waals surface area contributed by atoms with E-state index >= 15 is 0 Å². The number of nitrogens with one attached hydrogen (secondary N) is 1. The highest BCUT2D eigenvalue weighted by Crippen LogP contribution is 2.39. The standard InChI is InChI=1S/C17H24N4/c1-2-12-5-3-6-13(11-12)16(21-18)14-7-4-8-15-17(14)20-10-9-19-15/h4,7-10,12-13,16,21H,2-3,5-6,11,18H2,1H3. The first-order valence-corrected chi connectivity index (χ1v) is 7.99. The van der Waals surface area contributed by atoms with Crippen molar-refractivity contribution >= 4 is 11.0 Å². The second kappa shape index (κ2) is 6.50. The molecule has 1 saturated carbocycles. The van der Waals surface area contributed by atoms with Crippen molar-refractivity contribution in [3.8, 4) is 0 Å². The third kappa shape index (κ3) is 2.92. The number of para-hydroxylation sites is 1. The molecule has 0 saturated heterocycles. The van der Waals surface area contributed by atoms with Crippen molar-refractivity contribution in [3.05, 3.63) is 36.2 Å². The van der Waals surface area contributed by atoms with Crippen LogP contribution >= 0.6 is 0 Å². The number of nitrogens with zero attached hydrogens (tertiary/aromatic N) is 2. The monoisotopic (exact) mass is 284 g/mol. The zero-order valence-corrected chi connectivity index (χ0v) is 12.6. The summed E-state index contributed by atoms with van der Waals surface area (Å²) < 4.78 is 0. The van der Waals surface area contributed by atoms with Gasteiger partial charge < -0.3 is 0 Å². The topological polar surface area (TPSA) is 63.8 Å². The highest BCUT2D eigenvalue weighted by molar-refractivity contribution is 5.78. The van der Waals surface area contributed by atoms with Crippen molar-refractivity contribution in [2.75, 3.05) is 0 Å². The zero-order valence-electron chi connectivity index (χ0n) is 12.6. The first-order chi connectivity index (χ1) is 10.3. The van der Waals surface area contributed by atoms with Gasteiger partial charge >= 0.3 is 0 Å². The predicted molar refractivity (Wildman–Crippen MR) is 85.3 cm³/mol. The molecule has 0 aliphatic heterocycles. The molecule has 1 fully saturated rings. The first-order valence-electron chi connectivity index (χ1n) is 7.99. The van der Waals surface area contributed by atoms with E-state index < -0.39 is 0 Å². The van der Waals surface area contributed by atoms with Gasteiger partial charge in [0.1, 0.15) is 0 Å². The molecule has 1 aromatic carbocycles. The molecule has 3 atom stereocenters. The van der Waals surface area contributed by atoms with E-state index in [-0.39, 0.29) is 6.04 Å². The molecule has 0 spiro atoms. The van der Waals surface area contributed by atoms with Gasteiger partial charge in [-0.25, -0.2) is 0 Å². The van der Waals surface area contributed by atoms with E-state index in [1.54, 1.807) is 12.4 Å². The molecule has 1 heterocycles. The lowest BCUT2D eigenvalue weighted by molar-refractivity contribution is 0.210. The molecule has 0 amide bonds. The average Bonchev–Trinajstić information content (AvgIpc) is 2.56. The number of hydrazine groups is 1. The van der Waals surface area contributed by atoms with Crippen molar-refractivity contribution in [1.29, 1.82) is 0 Å². The summed E-state index contributed by atoms with van der Waals surface area (Å²) in [5.41, 5.74) is 6.16. The van der Waals surface area contributed by atoms with Crippen molar-refractivity contribution in [1.82, 2.24) is 15.4 Å². The van der Waals surface area contributed by atoms with E-state index in [1.807, 2.05) is 6.07 Å². The minimum Gasteiger partial charge on any atom is -0.271 e. The maximum absolute atomic E-state index is 5.92. The fourth-order valence-corrected chi connectivity index (χ4v) is 3.75. The van der Waals surface area contributed by atoms with Gasteiger partial charge in [0.25, 0.3) is 0 Å². The van der Waals surface area contributed by atoms with Crippen LogP contribution in [0.4, 0.5) is 0 Å². The summed E-state index contributed by atoms with van der Waals surface area (Å²) >= 11 is 0. The van der Waals surface area contributed by atoms with E-state index in [0.717, 1.165) is 17.0 Å². The summed E-state index contributed by atoms with van der Waals surface area (Å²) in [5, 5.41) is 0. The normalized spacial score (nSPS) is 24.1. The Hall–Kier alpha value is -1.52. The Balaban J connectivity index is 1.94. The maximum atomic E-state index is 5.92. The van der Waals surface area contributed by atoms with Crippen LogP contribution in [-0.2, 0) is 0 Å². The summed E-state index contributed by atoms with van der Waals surface area (Å²) in [4.78, 5) is 8.93. The lowest BCUT2D eigenvalue weighted by atomic mass is 9.75. The van der Waals surface area contributed by atoms with Crippen molar-refractivity contribution in [2.24, 2.45) is 17.7 Å². The van der Waals surface area contributed by atoms with E-state index in [2.05, 4.69) is 34.5 Å². The van der Waals surface area contributed by atoms with Crippen molar-refractivity contribution in [2.45, 2.75) is 45.1 Å². The minimum atomic E-state index is 0.166. The Morgan fingerprint density at radius 3 is 2.95 bits per heavy atom. The van der Waals surface area contributed by atoms with Crippen LogP contribution < -0.4 is 11.3 Å². The molecule has 1 aliphatic rings. The van der Waals surface area contributed by atoms with Crippen LogP contribution in [0.5, 0.6) is 0 Å². The largest absolute Gasteiger partial charge is 0.271 e. The molecule has 4 nitrogen and oxygen atoms in total. The highest BCUT2D eigenvalue weighted by atomic mass is 15.2. The molecule has 3 unspecified atom stereocenters. The summed E-state index contributed by atoms with van der Waals surface area (Å²) in [6, 6.07) is 6.36. The average molecular weight is 284 g/mol. The number of benzene rings is 1. The summed E-state index contributed by atoms with van der Waals surface area (Å²) in [5.74, 6) is 7.33. The van der Waals surface area contributed by atoms with Crippen LogP contribution in [0.3, 0.4) is 0 Å². The molecule has 0 radical (unpaired) electrons. The van der Waals surface area contributed by atoms with Crippen LogP contribution in [0, 0.1) is 11.8 Å². The van der Waals surface area contributed by atoms with Crippen LogP contribution in [-0.4, -0.2) is 9.97 Å². The Kier molecular flexibility index (Phi) is 4.46. The summed E-state index contributed by atoms with van der Waals surface area (Å²) in [7, 11) is 0. The quantitative estimate of drug-likeness (QED) is 0.667. The Labute approximate surface area is 126 Å². The highest BCUT2D eigenvalue weighted by Gasteiger charge is 2.29. The Morgan fingerprint density at radius 1 is 1.29 bits per heavy atom. The number of aromatic nitrogens is 2. The molecule has 4 heteroatoms. The van der Waals surface area contributed by atoms with Gasteiger partial charge in [0.15, 0.2) is 0 Å². The Bertz CT molecular complexity index is 593. The molecule has 3 rings (SSSR count). The van der Waals surface area contributed by atoms with Crippen LogP contribution in [0.1, 0.15) is 50.6 Å².